The first kappa shape index (κ1) is 17.5. The van der Waals surface area contributed by atoms with Crippen LogP contribution < -0.4 is 14.8 Å². The van der Waals surface area contributed by atoms with Crippen LogP contribution in [-0.4, -0.2) is 27.5 Å². The van der Waals surface area contributed by atoms with Crippen molar-refractivity contribution in [3.8, 4) is 11.5 Å². The van der Waals surface area contributed by atoms with Crippen LogP contribution in [0.5, 0.6) is 11.5 Å². The summed E-state index contributed by atoms with van der Waals surface area (Å²) in [6, 6.07) is 15.5. The molecule has 0 radical (unpaired) electrons. The van der Waals surface area contributed by atoms with Gasteiger partial charge in [0.25, 0.3) is 0 Å². The van der Waals surface area contributed by atoms with Crippen LogP contribution >= 0.6 is 11.8 Å². The number of ether oxygens (including phenoxy) is 2. The molecular weight excluding hydrogens is 362 g/mol. The van der Waals surface area contributed by atoms with Crippen LogP contribution in [0, 0.1) is 0 Å². The molecule has 0 fully saturated rings. The molecule has 1 aliphatic heterocycles. The molecule has 1 N–H and O–H groups in total. The maximum absolute atomic E-state index is 12.6. The number of hydrogen-bond donors (Lipinski definition) is 1. The second kappa shape index (κ2) is 7.75. The number of nitrogens with zero attached hydrogens (tertiary/aromatic N) is 2. The normalized spacial score (nSPS) is 13.4. The molecule has 1 atom stereocenters. The summed E-state index contributed by atoms with van der Waals surface area (Å²) in [5.41, 5.74) is 1.87. The van der Waals surface area contributed by atoms with E-state index in [9.17, 15) is 4.79 Å². The van der Waals surface area contributed by atoms with E-state index in [1.54, 1.807) is 24.4 Å². The summed E-state index contributed by atoms with van der Waals surface area (Å²) in [5.74, 6) is 1.25. The van der Waals surface area contributed by atoms with Gasteiger partial charge in [0.1, 0.15) is 0 Å². The second-order valence-corrected chi connectivity index (χ2v) is 7.45. The average molecular weight is 381 g/mol. The molecule has 0 bridgehead atoms. The first-order valence-electron chi connectivity index (χ1n) is 8.61. The largest absolute Gasteiger partial charge is 0.454 e. The Kier molecular flexibility index (Phi) is 5.02. The van der Waals surface area contributed by atoms with Crippen LogP contribution in [0.25, 0.3) is 0 Å². The summed E-state index contributed by atoms with van der Waals surface area (Å²) in [4.78, 5) is 17.0. The lowest BCUT2D eigenvalue weighted by molar-refractivity contribution is -0.115. The van der Waals surface area contributed by atoms with Gasteiger partial charge in [0.05, 0.1) is 5.25 Å². The average Bonchev–Trinajstić information content (AvgIpc) is 3.31. The van der Waals surface area contributed by atoms with Crippen LogP contribution in [0.2, 0.25) is 0 Å². The Morgan fingerprint density at radius 1 is 1.22 bits per heavy atom. The molecule has 1 aromatic heterocycles. The van der Waals surface area contributed by atoms with Gasteiger partial charge in [-0.3, -0.25) is 4.79 Å². The van der Waals surface area contributed by atoms with E-state index in [0.717, 1.165) is 11.7 Å². The lowest BCUT2D eigenvalue weighted by Crippen LogP contribution is -2.23. The highest BCUT2D eigenvalue weighted by molar-refractivity contribution is 8.00. The van der Waals surface area contributed by atoms with Crippen molar-refractivity contribution in [2.45, 2.75) is 23.9 Å². The highest BCUT2D eigenvalue weighted by atomic mass is 32.2. The number of amides is 1. The minimum Gasteiger partial charge on any atom is -0.454 e. The molecule has 4 rings (SSSR count). The molecule has 0 aliphatic carbocycles. The maximum atomic E-state index is 12.6. The van der Waals surface area contributed by atoms with Crippen LogP contribution in [0.1, 0.15) is 12.5 Å². The molecule has 2 heterocycles. The number of thioether (sulfide) groups is 1. The Bertz CT molecular complexity index is 943. The highest BCUT2D eigenvalue weighted by Gasteiger charge is 2.19. The predicted octanol–water partition coefficient (Wildman–Crippen LogP) is 3.78. The fourth-order valence-corrected chi connectivity index (χ4v) is 3.61. The zero-order valence-corrected chi connectivity index (χ0v) is 15.6. The van der Waals surface area contributed by atoms with Crippen LogP contribution in [0.4, 0.5) is 5.69 Å². The number of carbonyl (C=O) groups is 1. The Labute approximate surface area is 161 Å². The van der Waals surface area contributed by atoms with Gasteiger partial charge >= 0.3 is 0 Å². The third-order valence-corrected chi connectivity index (χ3v) is 5.28. The molecule has 0 saturated carbocycles. The van der Waals surface area contributed by atoms with Crippen molar-refractivity contribution in [3.05, 3.63) is 66.5 Å². The molecule has 1 unspecified atom stereocenters. The molecule has 0 saturated heterocycles. The molecule has 27 heavy (non-hydrogen) atoms. The van der Waals surface area contributed by atoms with E-state index in [0.29, 0.717) is 17.2 Å². The van der Waals surface area contributed by atoms with Crippen molar-refractivity contribution < 1.29 is 14.3 Å². The van der Waals surface area contributed by atoms with Crippen molar-refractivity contribution in [1.82, 2.24) is 9.55 Å². The topological polar surface area (TPSA) is 65.4 Å². The Balaban J connectivity index is 1.40. The predicted molar refractivity (Wildman–Crippen MR) is 104 cm³/mol. The number of rotatable bonds is 6. The fourth-order valence-electron chi connectivity index (χ4n) is 2.74. The van der Waals surface area contributed by atoms with Gasteiger partial charge in [-0.1, -0.05) is 42.1 Å². The minimum atomic E-state index is -0.299. The van der Waals surface area contributed by atoms with Gasteiger partial charge in [0.2, 0.25) is 12.7 Å². The van der Waals surface area contributed by atoms with E-state index in [1.807, 2.05) is 35.9 Å². The van der Waals surface area contributed by atoms with Gasteiger partial charge in [0, 0.05) is 30.7 Å². The van der Waals surface area contributed by atoms with Crippen molar-refractivity contribution in [2.24, 2.45) is 0 Å². The molecule has 1 amide bonds. The third-order valence-electron chi connectivity index (χ3n) is 4.16. The number of hydrogen-bond acceptors (Lipinski definition) is 5. The van der Waals surface area contributed by atoms with Gasteiger partial charge in [-0.15, -0.1) is 0 Å². The molecule has 6 nitrogen and oxygen atoms in total. The number of nitrogens with one attached hydrogen (secondary N) is 1. The van der Waals surface area contributed by atoms with Gasteiger partial charge in [0.15, 0.2) is 16.7 Å². The second-order valence-electron chi connectivity index (χ2n) is 6.14. The minimum absolute atomic E-state index is 0.0897. The highest BCUT2D eigenvalue weighted by Crippen LogP contribution is 2.34. The summed E-state index contributed by atoms with van der Waals surface area (Å²) in [6.45, 7) is 2.80. The van der Waals surface area contributed by atoms with Gasteiger partial charge < -0.3 is 19.4 Å². The number of carbonyl (C=O) groups excluding carboxylic acids is 1. The van der Waals surface area contributed by atoms with E-state index >= 15 is 0 Å². The van der Waals surface area contributed by atoms with Crippen LogP contribution in [-0.2, 0) is 11.3 Å². The van der Waals surface area contributed by atoms with Gasteiger partial charge in [-0.05, 0) is 24.6 Å². The van der Waals surface area contributed by atoms with Crippen LogP contribution in [0.3, 0.4) is 0 Å². The quantitative estimate of drug-likeness (QED) is 0.658. The van der Waals surface area contributed by atoms with E-state index < -0.39 is 0 Å². The summed E-state index contributed by atoms with van der Waals surface area (Å²) in [5, 5.41) is 3.43. The summed E-state index contributed by atoms with van der Waals surface area (Å²) in [7, 11) is 0. The van der Waals surface area contributed by atoms with Crippen LogP contribution in [0.15, 0.2) is 66.1 Å². The van der Waals surface area contributed by atoms with Crippen molar-refractivity contribution in [3.63, 3.8) is 0 Å². The Hall–Kier alpha value is -2.93. The zero-order valence-electron chi connectivity index (χ0n) is 14.8. The fraction of sp³-hybridized carbons (Fsp3) is 0.200. The zero-order chi connectivity index (χ0) is 18.6. The molecule has 7 heteroatoms. The molecule has 3 aromatic rings. The number of aromatic nitrogens is 2. The van der Waals surface area contributed by atoms with Crippen molar-refractivity contribution >= 4 is 23.4 Å². The first-order valence-corrected chi connectivity index (χ1v) is 9.49. The molecule has 0 spiro atoms. The van der Waals surface area contributed by atoms with E-state index in [2.05, 4.69) is 22.4 Å². The van der Waals surface area contributed by atoms with Gasteiger partial charge in [-0.2, -0.15) is 0 Å². The molecule has 1 aliphatic rings. The summed E-state index contributed by atoms with van der Waals surface area (Å²) >= 11 is 1.43. The maximum Gasteiger partial charge on any atom is 0.237 e. The Morgan fingerprint density at radius 3 is 2.89 bits per heavy atom. The molecular formula is C20H19N3O3S. The Morgan fingerprint density at radius 2 is 2.04 bits per heavy atom. The smallest absolute Gasteiger partial charge is 0.237 e. The van der Waals surface area contributed by atoms with Crippen molar-refractivity contribution in [1.29, 1.82) is 0 Å². The standard InChI is InChI=1S/C20H19N3O3S/c1-14(19(24)22-16-7-8-17-18(11-16)26-13-25-17)27-20-21-9-10-23(20)12-15-5-3-2-4-6-15/h2-11,14H,12-13H2,1H3,(H,22,24). The third kappa shape index (κ3) is 4.09. The molecule has 138 valence electrons. The monoisotopic (exact) mass is 381 g/mol. The number of fused-ring (bicyclic) bond motifs is 1. The lowest BCUT2D eigenvalue weighted by Gasteiger charge is -2.13. The summed E-state index contributed by atoms with van der Waals surface area (Å²) in [6.07, 6.45) is 3.69. The SMILES string of the molecule is CC(Sc1nccn1Cc1ccccc1)C(=O)Nc1ccc2c(c1)OCO2. The van der Waals surface area contributed by atoms with E-state index in [-0.39, 0.29) is 18.0 Å². The van der Waals surface area contributed by atoms with Gasteiger partial charge in [-0.25, -0.2) is 4.98 Å². The number of imidazole rings is 1. The lowest BCUT2D eigenvalue weighted by atomic mass is 10.2. The molecule has 2 aromatic carbocycles. The first-order chi connectivity index (χ1) is 13.2. The van der Waals surface area contributed by atoms with Crippen molar-refractivity contribution in [2.75, 3.05) is 12.1 Å². The summed E-state index contributed by atoms with van der Waals surface area (Å²) < 4.78 is 12.7. The number of benzene rings is 2. The van der Waals surface area contributed by atoms with E-state index in [1.165, 1.54) is 17.3 Å². The van der Waals surface area contributed by atoms with E-state index in [4.69, 9.17) is 9.47 Å². The number of anilines is 1.